The Labute approximate surface area is 116 Å². The van der Waals surface area contributed by atoms with Gasteiger partial charge >= 0.3 is 0 Å². The number of hydrogen-bond acceptors (Lipinski definition) is 4. The van der Waals surface area contributed by atoms with Crippen LogP contribution in [0.4, 0.5) is 0 Å². The maximum absolute atomic E-state index is 5.56. The number of rotatable bonds is 3. The van der Waals surface area contributed by atoms with Crippen molar-refractivity contribution in [3.8, 4) is 0 Å². The van der Waals surface area contributed by atoms with Gasteiger partial charge in [0.25, 0.3) is 0 Å². The lowest BCUT2D eigenvalue weighted by atomic mass is 10.0. The van der Waals surface area contributed by atoms with Crippen molar-refractivity contribution in [2.24, 2.45) is 11.8 Å². The van der Waals surface area contributed by atoms with E-state index >= 15 is 0 Å². The standard InChI is InChI=1S/C15H26N2O2/c1-2-13-14(3-1)15(13,17-6-10-19-11-7-17)12-16-4-8-18-9-5-16/h13-14H,1-12H2. The summed E-state index contributed by atoms with van der Waals surface area (Å²) in [5.74, 6) is 1.96. The third kappa shape index (κ3) is 2.04. The highest BCUT2D eigenvalue weighted by atomic mass is 16.5. The Morgan fingerprint density at radius 2 is 1.42 bits per heavy atom. The van der Waals surface area contributed by atoms with Crippen LogP contribution < -0.4 is 0 Å². The molecule has 0 aromatic carbocycles. The second kappa shape index (κ2) is 4.99. The van der Waals surface area contributed by atoms with Crippen LogP contribution in [0, 0.1) is 11.8 Å². The molecule has 19 heavy (non-hydrogen) atoms. The maximum Gasteiger partial charge on any atom is 0.0594 e. The zero-order valence-corrected chi connectivity index (χ0v) is 11.9. The zero-order valence-electron chi connectivity index (χ0n) is 11.9. The molecule has 0 aromatic heterocycles. The Balaban J connectivity index is 1.48. The molecule has 4 rings (SSSR count). The first kappa shape index (κ1) is 12.6. The molecule has 0 spiro atoms. The van der Waals surface area contributed by atoms with Crippen molar-refractivity contribution >= 4 is 0 Å². The van der Waals surface area contributed by atoms with Gasteiger partial charge in [-0.25, -0.2) is 0 Å². The Morgan fingerprint density at radius 3 is 2.05 bits per heavy atom. The molecular weight excluding hydrogens is 240 g/mol. The van der Waals surface area contributed by atoms with Crippen LogP contribution in [0.2, 0.25) is 0 Å². The van der Waals surface area contributed by atoms with Gasteiger partial charge in [0.05, 0.1) is 26.4 Å². The Bertz CT molecular complexity index is 314. The van der Waals surface area contributed by atoms with E-state index in [-0.39, 0.29) is 0 Å². The van der Waals surface area contributed by atoms with Crippen LogP contribution in [0.1, 0.15) is 19.3 Å². The molecule has 2 saturated carbocycles. The van der Waals surface area contributed by atoms with E-state index in [4.69, 9.17) is 9.47 Å². The van der Waals surface area contributed by atoms with Crippen LogP contribution in [0.15, 0.2) is 0 Å². The van der Waals surface area contributed by atoms with Gasteiger partial charge in [-0.05, 0) is 24.7 Å². The fourth-order valence-electron chi connectivity index (χ4n) is 4.95. The van der Waals surface area contributed by atoms with Gasteiger partial charge in [-0.2, -0.15) is 0 Å². The quantitative estimate of drug-likeness (QED) is 0.755. The molecule has 4 nitrogen and oxygen atoms in total. The first-order valence-electron chi connectivity index (χ1n) is 8.04. The SMILES string of the molecule is C1CC2C(C1)C2(CN1CCOCC1)N1CCOCC1. The van der Waals surface area contributed by atoms with E-state index in [1.165, 1.54) is 25.8 Å². The predicted octanol–water partition coefficient (Wildman–Crippen LogP) is 0.820. The van der Waals surface area contributed by atoms with Crippen molar-refractivity contribution in [1.29, 1.82) is 0 Å². The molecule has 0 bridgehead atoms. The summed E-state index contributed by atoms with van der Waals surface area (Å²) in [7, 11) is 0. The molecule has 0 aromatic rings. The topological polar surface area (TPSA) is 24.9 Å². The van der Waals surface area contributed by atoms with Gasteiger partial charge in [-0.3, -0.25) is 9.80 Å². The van der Waals surface area contributed by atoms with Gasteiger partial charge < -0.3 is 9.47 Å². The van der Waals surface area contributed by atoms with Crippen molar-refractivity contribution in [3.63, 3.8) is 0 Å². The lowest BCUT2D eigenvalue weighted by Gasteiger charge is -2.41. The molecular formula is C15H26N2O2. The summed E-state index contributed by atoms with van der Waals surface area (Å²) < 4.78 is 11.1. The van der Waals surface area contributed by atoms with Crippen molar-refractivity contribution < 1.29 is 9.47 Å². The zero-order chi connectivity index (χ0) is 12.7. The van der Waals surface area contributed by atoms with Crippen molar-refractivity contribution in [3.05, 3.63) is 0 Å². The van der Waals surface area contributed by atoms with Gasteiger partial charge in [0.2, 0.25) is 0 Å². The van der Waals surface area contributed by atoms with Crippen molar-refractivity contribution in [1.82, 2.24) is 9.80 Å². The molecule has 4 fully saturated rings. The number of nitrogens with zero attached hydrogens (tertiary/aromatic N) is 2. The maximum atomic E-state index is 5.56. The molecule has 4 aliphatic rings. The van der Waals surface area contributed by atoms with Gasteiger partial charge in [0, 0.05) is 38.3 Å². The van der Waals surface area contributed by atoms with Crippen LogP contribution in [-0.4, -0.2) is 74.5 Å². The fraction of sp³-hybridized carbons (Fsp3) is 1.00. The molecule has 4 heteroatoms. The van der Waals surface area contributed by atoms with Gasteiger partial charge in [0.15, 0.2) is 0 Å². The number of fused-ring (bicyclic) bond motifs is 1. The molecule has 2 unspecified atom stereocenters. The fourth-order valence-corrected chi connectivity index (χ4v) is 4.95. The second-order valence-corrected chi connectivity index (χ2v) is 6.62. The van der Waals surface area contributed by atoms with Gasteiger partial charge in [-0.1, -0.05) is 6.42 Å². The van der Waals surface area contributed by atoms with Crippen LogP contribution in [0.5, 0.6) is 0 Å². The summed E-state index contributed by atoms with van der Waals surface area (Å²) in [5.41, 5.74) is 0.513. The monoisotopic (exact) mass is 266 g/mol. The Hall–Kier alpha value is -0.160. The van der Waals surface area contributed by atoms with E-state index in [0.717, 1.165) is 64.4 Å². The molecule has 2 aliphatic carbocycles. The lowest BCUT2D eigenvalue weighted by molar-refractivity contribution is -0.0271. The molecule has 2 atom stereocenters. The molecule has 2 aliphatic heterocycles. The lowest BCUT2D eigenvalue weighted by Crippen LogP contribution is -2.54. The summed E-state index contributed by atoms with van der Waals surface area (Å²) >= 11 is 0. The third-order valence-electron chi connectivity index (χ3n) is 5.87. The molecule has 0 radical (unpaired) electrons. The molecule has 0 amide bonds. The van der Waals surface area contributed by atoms with Crippen LogP contribution in [0.3, 0.4) is 0 Å². The first-order chi connectivity index (χ1) is 9.41. The number of morpholine rings is 2. The van der Waals surface area contributed by atoms with E-state index < -0.39 is 0 Å². The van der Waals surface area contributed by atoms with E-state index in [2.05, 4.69) is 9.80 Å². The van der Waals surface area contributed by atoms with Gasteiger partial charge in [0.1, 0.15) is 0 Å². The Kier molecular flexibility index (Phi) is 3.30. The van der Waals surface area contributed by atoms with Gasteiger partial charge in [-0.15, -0.1) is 0 Å². The molecule has 0 N–H and O–H groups in total. The number of hydrogen-bond donors (Lipinski definition) is 0. The molecule has 2 heterocycles. The summed E-state index contributed by atoms with van der Waals surface area (Å²) in [6.07, 6.45) is 4.39. The average molecular weight is 266 g/mol. The van der Waals surface area contributed by atoms with E-state index in [9.17, 15) is 0 Å². The highest BCUT2D eigenvalue weighted by Gasteiger charge is 2.68. The van der Waals surface area contributed by atoms with Crippen molar-refractivity contribution in [2.45, 2.75) is 24.8 Å². The summed E-state index contributed by atoms with van der Waals surface area (Å²) in [4.78, 5) is 5.43. The van der Waals surface area contributed by atoms with Crippen LogP contribution >= 0.6 is 0 Å². The largest absolute Gasteiger partial charge is 0.379 e. The minimum absolute atomic E-state index is 0.513. The normalized spacial score (nSPS) is 44.2. The summed E-state index contributed by atoms with van der Waals surface area (Å²) in [6, 6.07) is 0. The highest BCUT2D eigenvalue weighted by molar-refractivity contribution is 5.22. The molecule has 108 valence electrons. The van der Waals surface area contributed by atoms with Crippen LogP contribution in [-0.2, 0) is 9.47 Å². The summed E-state index contributed by atoms with van der Waals surface area (Å²) in [6.45, 7) is 9.56. The number of ether oxygens (including phenoxy) is 2. The minimum atomic E-state index is 0.513. The van der Waals surface area contributed by atoms with Crippen LogP contribution in [0.25, 0.3) is 0 Å². The Morgan fingerprint density at radius 1 is 0.842 bits per heavy atom. The third-order valence-corrected chi connectivity index (χ3v) is 5.87. The van der Waals surface area contributed by atoms with Crippen molar-refractivity contribution in [2.75, 3.05) is 59.2 Å². The minimum Gasteiger partial charge on any atom is -0.379 e. The second-order valence-electron chi connectivity index (χ2n) is 6.62. The smallest absolute Gasteiger partial charge is 0.0594 e. The van der Waals surface area contributed by atoms with E-state index in [0.29, 0.717) is 5.54 Å². The molecule has 2 saturated heterocycles. The predicted molar refractivity (Wildman–Crippen MR) is 73.2 cm³/mol. The van der Waals surface area contributed by atoms with E-state index in [1.807, 2.05) is 0 Å². The summed E-state index contributed by atoms with van der Waals surface area (Å²) in [5, 5.41) is 0. The van der Waals surface area contributed by atoms with E-state index in [1.54, 1.807) is 0 Å². The first-order valence-corrected chi connectivity index (χ1v) is 8.04. The average Bonchev–Trinajstić information content (AvgIpc) is 2.86. The highest BCUT2D eigenvalue weighted by Crippen LogP contribution is 2.64.